The van der Waals surface area contributed by atoms with Crippen molar-refractivity contribution < 1.29 is 9.59 Å². The van der Waals surface area contributed by atoms with Gasteiger partial charge in [0.25, 0.3) is 0 Å². The van der Waals surface area contributed by atoms with E-state index in [2.05, 4.69) is 4.98 Å². The van der Waals surface area contributed by atoms with Crippen LogP contribution in [0.5, 0.6) is 0 Å². The fourth-order valence-electron chi connectivity index (χ4n) is 2.15. The van der Waals surface area contributed by atoms with Gasteiger partial charge in [0.2, 0.25) is 5.91 Å². The molecule has 0 N–H and O–H groups in total. The van der Waals surface area contributed by atoms with Crippen molar-refractivity contribution in [1.82, 2.24) is 9.88 Å². The number of aromatic nitrogens is 1. The molecule has 0 atom stereocenters. The maximum absolute atomic E-state index is 12.1. The number of ketones is 1. The summed E-state index contributed by atoms with van der Waals surface area (Å²) in [5, 5.41) is 0.911. The number of carbonyl (C=O) groups is 2. The Hall–Kier alpha value is -2.23. The Morgan fingerprint density at radius 3 is 2.55 bits per heavy atom. The second-order valence-electron chi connectivity index (χ2n) is 4.58. The number of para-hydroxylation sites is 1. The average molecular weight is 270 g/mol. The molecule has 2 aromatic rings. The van der Waals surface area contributed by atoms with Crippen molar-refractivity contribution in [1.29, 1.82) is 0 Å². The zero-order valence-electron chi connectivity index (χ0n) is 11.8. The van der Waals surface area contributed by atoms with Gasteiger partial charge in [-0.2, -0.15) is 0 Å². The van der Waals surface area contributed by atoms with Crippen LogP contribution in [0.1, 0.15) is 30.6 Å². The molecule has 4 nitrogen and oxygen atoms in total. The van der Waals surface area contributed by atoms with Crippen molar-refractivity contribution in [2.45, 2.75) is 20.3 Å². The maximum atomic E-state index is 12.1. The van der Waals surface area contributed by atoms with Gasteiger partial charge in [-0.1, -0.05) is 18.2 Å². The largest absolute Gasteiger partial charge is 0.343 e. The average Bonchev–Trinajstić information content (AvgIpc) is 2.48. The van der Waals surface area contributed by atoms with Crippen molar-refractivity contribution in [3.05, 3.63) is 42.1 Å². The fraction of sp³-hybridized carbons (Fsp3) is 0.312. The van der Waals surface area contributed by atoms with Crippen LogP contribution >= 0.6 is 0 Å². The number of hydrogen-bond acceptors (Lipinski definition) is 3. The number of fused-ring (bicyclic) bond motifs is 1. The third-order valence-corrected chi connectivity index (χ3v) is 3.34. The number of pyridine rings is 1. The highest BCUT2D eigenvalue weighted by Crippen LogP contribution is 2.14. The third kappa shape index (κ3) is 3.02. The minimum Gasteiger partial charge on any atom is -0.343 e. The molecule has 0 aliphatic rings. The summed E-state index contributed by atoms with van der Waals surface area (Å²) in [6, 6.07) is 9.40. The van der Waals surface area contributed by atoms with Gasteiger partial charge in [0.05, 0.1) is 11.9 Å². The lowest BCUT2D eigenvalue weighted by Crippen LogP contribution is -2.32. The molecular weight excluding hydrogens is 252 g/mol. The predicted molar refractivity (Wildman–Crippen MR) is 78.6 cm³/mol. The summed E-state index contributed by atoms with van der Waals surface area (Å²) in [6.45, 7) is 5.06. The summed E-state index contributed by atoms with van der Waals surface area (Å²) in [4.78, 5) is 30.0. The van der Waals surface area contributed by atoms with Crippen molar-refractivity contribution in [3.8, 4) is 0 Å². The number of nitrogens with zero attached hydrogens (tertiary/aromatic N) is 2. The van der Waals surface area contributed by atoms with Gasteiger partial charge in [-0.15, -0.1) is 0 Å². The van der Waals surface area contributed by atoms with Crippen LogP contribution in [0.15, 0.2) is 36.5 Å². The first-order valence-corrected chi connectivity index (χ1v) is 6.81. The highest BCUT2D eigenvalue weighted by Gasteiger charge is 2.16. The molecule has 1 heterocycles. The molecule has 0 spiro atoms. The first-order valence-electron chi connectivity index (χ1n) is 6.81. The second-order valence-corrected chi connectivity index (χ2v) is 4.58. The van der Waals surface area contributed by atoms with Gasteiger partial charge in [0.15, 0.2) is 5.78 Å². The van der Waals surface area contributed by atoms with Crippen molar-refractivity contribution in [2.24, 2.45) is 0 Å². The normalized spacial score (nSPS) is 10.5. The SMILES string of the molecule is CCN(CC)C(=O)CC(=O)c1cnc2ccccc2c1. The van der Waals surface area contributed by atoms with Crippen LogP contribution < -0.4 is 0 Å². The lowest BCUT2D eigenvalue weighted by atomic mass is 10.1. The summed E-state index contributed by atoms with van der Waals surface area (Å²) in [5.41, 5.74) is 1.34. The molecular formula is C16H18N2O2. The van der Waals surface area contributed by atoms with Crippen molar-refractivity contribution in [3.63, 3.8) is 0 Å². The standard InChI is InChI=1S/C16H18N2O2/c1-3-18(4-2)16(20)10-15(19)13-9-12-7-5-6-8-14(12)17-11-13/h5-9,11H,3-4,10H2,1-2H3. The number of Topliss-reactive ketones (excluding diaryl/α,β-unsaturated/α-hetero) is 1. The van der Waals surface area contributed by atoms with E-state index in [9.17, 15) is 9.59 Å². The Labute approximate surface area is 118 Å². The second kappa shape index (κ2) is 6.28. The maximum Gasteiger partial charge on any atom is 0.230 e. The molecule has 0 aliphatic carbocycles. The fourth-order valence-corrected chi connectivity index (χ4v) is 2.15. The van der Waals surface area contributed by atoms with Crippen LogP contribution in [0.4, 0.5) is 0 Å². The van der Waals surface area contributed by atoms with Gasteiger partial charge in [-0.3, -0.25) is 14.6 Å². The van der Waals surface area contributed by atoms with Crippen LogP contribution in [0.2, 0.25) is 0 Å². The Balaban J connectivity index is 2.17. The molecule has 104 valence electrons. The van der Waals surface area contributed by atoms with E-state index in [1.165, 1.54) is 0 Å². The molecule has 0 saturated heterocycles. The molecule has 1 aromatic carbocycles. The van der Waals surface area contributed by atoms with Crippen LogP contribution in [0, 0.1) is 0 Å². The van der Waals surface area contributed by atoms with Crippen LogP contribution in [-0.4, -0.2) is 34.7 Å². The zero-order chi connectivity index (χ0) is 14.5. The van der Waals surface area contributed by atoms with Crippen LogP contribution in [0.3, 0.4) is 0 Å². The molecule has 0 saturated carbocycles. The number of hydrogen-bond donors (Lipinski definition) is 0. The molecule has 4 heteroatoms. The van der Waals surface area contributed by atoms with E-state index in [-0.39, 0.29) is 18.1 Å². The summed E-state index contributed by atoms with van der Waals surface area (Å²) >= 11 is 0. The van der Waals surface area contributed by atoms with E-state index in [0.29, 0.717) is 18.7 Å². The molecule has 0 radical (unpaired) electrons. The molecule has 20 heavy (non-hydrogen) atoms. The summed E-state index contributed by atoms with van der Waals surface area (Å²) in [6.07, 6.45) is 1.45. The Bertz CT molecular complexity index is 633. The molecule has 1 aromatic heterocycles. The van der Waals surface area contributed by atoms with Crippen LogP contribution in [0.25, 0.3) is 10.9 Å². The first-order chi connectivity index (χ1) is 9.65. The lowest BCUT2D eigenvalue weighted by molar-refractivity contribution is -0.129. The van der Waals surface area contributed by atoms with Gasteiger partial charge in [0.1, 0.15) is 0 Å². The molecule has 0 bridgehead atoms. The van der Waals surface area contributed by atoms with E-state index in [1.807, 2.05) is 38.1 Å². The quantitative estimate of drug-likeness (QED) is 0.620. The molecule has 0 aliphatic heterocycles. The topological polar surface area (TPSA) is 50.3 Å². The van der Waals surface area contributed by atoms with Gasteiger partial charge < -0.3 is 4.90 Å². The first kappa shape index (κ1) is 14.2. The smallest absolute Gasteiger partial charge is 0.230 e. The van der Waals surface area contributed by atoms with E-state index in [1.54, 1.807) is 17.2 Å². The monoisotopic (exact) mass is 270 g/mol. The summed E-state index contributed by atoms with van der Waals surface area (Å²) < 4.78 is 0. The Morgan fingerprint density at radius 1 is 1.15 bits per heavy atom. The van der Waals surface area contributed by atoms with Crippen LogP contribution in [-0.2, 0) is 4.79 Å². The molecule has 1 amide bonds. The predicted octanol–water partition coefficient (Wildman–Crippen LogP) is 2.68. The summed E-state index contributed by atoms with van der Waals surface area (Å²) in [5.74, 6) is -0.312. The molecule has 0 unspecified atom stereocenters. The number of benzene rings is 1. The molecule has 2 rings (SSSR count). The van der Waals surface area contributed by atoms with Gasteiger partial charge in [-0.25, -0.2) is 0 Å². The van der Waals surface area contributed by atoms with E-state index in [4.69, 9.17) is 0 Å². The lowest BCUT2D eigenvalue weighted by Gasteiger charge is -2.17. The minimum absolute atomic E-state index is 0.0955. The van der Waals surface area contributed by atoms with E-state index >= 15 is 0 Å². The Morgan fingerprint density at radius 2 is 1.85 bits per heavy atom. The third-order valence-electron chi connectivity index (χ3n) is 3.34. The van der Waals surface area contributed by atoms with Gasteiger partial charge >= 0.3 is 0 Å². The number of carbonyl (C=O) groups excluding carboxylic acids is 2. The summed E-state index contributed by atoms with van der Waals surface area (Å²) in [7, 11) is 0. The highest BCUT2D eigenvalue weighted by molar-refractivity contribution is 6.08. The molecule has 0 fully saturated rings. The Kier molecular flexibility index (Phi) is 4.45. The van der Waals surface area contributed by atoms with E-state index in [0.717, 1.165) is 10.9 Å². The minimum atomic E-state index is -0.180. The van der Waals surface area contributed by atoms with Crippen molar-refractivity contribution in [2.75, 3.05) is 13.1 Å². The highest BCUT2D eigenvalue weighted by atomic mass is 16.2. The zero-order valence-corrected chi connectivity index (χ0v) is 11.8. The van der Waals surface area contributed by atoms with E-state index < -0.39 is 0 Å². The van der Waals surface area contributed by atoms with Gasteiger partial charge in [0, 0.05) is 30.2 Å². The van der Waals surface area contributed by atoms with Crippen molar-refractivity contribution >= 4 is 22.6 Å². The number of amides is 1. The number of rotatable bonds is 5. The van der Waals surface area contributed by atoms with Gasteiger partial charge in [-0.05, 0) is 26.0 Å².